The molecule has 0 saturated heterocycles. The average molecular weight is 475 g/mol. The van der Waals surface area contributed by atoms with Crippen molar-refractivity contribution >= 4 is 29.9 Å². The Balaban J connectivity index is 0.00000338. The second-order valence-electron chi connectivity index (χ2n) is 5.51. The van der Waals surface area contributed by atoms with Crippen molar-refractivity contribution in [2.24, 2.45) is 4.99 Å². The SMILES string of the molecule is CCNC(=NCCCOCc1ccco1)NCCc1ccccc1F.I. The number of hydrogen-bond acceptors (Lipinski definition) is 3. The minimum atomic E-state index is -0.167. The van der Waals surface area contributed by atoms with Gasteiger partial charge < -0.3 is 19.8 Å². The molecule has 2 aromatic rings. The van der Waals surface area contributed by atoms with E-state index in [-0.39, 0.29) is 29.8 Å². The standard InChI is InChI=1S/C19H26FN3O2.HI/c1-2-21-19(23-12-10-16-7-3-4-9-18(16)20)22-11-6-13-24-15-17-8-5-14-25-17;/h3-5,7-9,14H,2,6,10-13,15H2,1H3,(H2,21,22,23);1H. The van der Waals surface area contributed by atoms with Gasteiger partial charge >= 0.3 is 0 Å². The van der Waals surface area contributed by atoms with E-state index in [4.69, 9.17) is 9.15 Å². The van der Waals surface area contributed by atoms with Crippen LogP contribution in [0.3, 0.4) is 0 Å². The summed E-state index contributed by atoms with van der Waals surface area (Å²) in [5, 5.41) is 6.41. The van der Waals surface area contributed by atoms with Crippen molar-refractivity contribution in [2.45, 2.75) is 26.4 Å². The Kier molecular flexibility index (Phi) is 11.7. The van der Waals surface area contributed by atoms with E-state index in [1.165, 1.54) is 6.07 Å². The molecule has 1 heterocycles. The molecule has 0 atom stereocenters. The monoisotopic (exact) mass is 475 g/mol. The van der Waals surface area contributed by atoms with Crippen molar-refractivity contribution < 1.29 is 13.5 Å². The Morgan fingerprint density at radius 2 is 2.04 bits per heavy atom. The van der Waals surface area contributed by atoms with Gasteiger partial charge in [0.15, 0.2) is 5.96 Å². The number of hydrogen-bond donors (Lipinski definition) is 2. The van der Waals surface area contributed by atoms with E-state index in [0.29, 0.717) is 38.3 Å². The fourth-order valence-corrected chi connectivity index (χ4v) is 2.28. The number of guanidine groups is 1. The van der Waals surface area contributed by atoms with E-state index >= 15 is 0 Å². The van der Waals surface area contributed by atoms with Gasteiger partial charge in [0.25, 0.3) is 0 Å². The Hall–Kier alpha value is -1.61. The van der Waals surface area contributed by atoms with Crippen molar-refractivity contribution in [2.75, 3.05) is 26.2 Å². The summed E-state index contributed by atoms with van der Waals surface area (Å²) in [6.07, 6.45) is 3.08. The summed E-state index contributed by atoms with van der Waals surface area (Å²) >= 11 is 0. The third-order valence-corrected chi connectivity index (χ3v) is 3.53. The van der Waals surface area contributed by atoms with Crippen LogP contribution >= 0.6 is 24.0 Å². The van der Waals surface area contributed by atoms with E-state index in [1.54, 1.807) is 18.4 Å². The molecule has 0 radical (unpaired) electrons. The minimum absolute atomic E-state index is 0. The van der Waals surface area contributed by atoms with Gasteiger partial charge in [0, 0.05) is 26.2 Å². The number of furan rings is 1. The number of aliphatic imine (C=N–C) groups is 1. The molecule has 0 aliphatic heterocycles. The zero-order valence-electron chi connectivity index (χ0n) is 15.0. The molecule has 0 fully saturated rings. The van der Waals surface area contributed by atoms with Gasteiger partial charge in [-0.3, -0.25) is 4.99 Å². The van der Waals surface area contributed by atoms with Crippen molar-refractivity contribution in [3.63, 3.8) is 0 Å². The van der Waals surface area contributed by atoms with Gasteiger partial charge in [0.2, 0.25) is 0 Å². The highest BCUT2D eigenvalue weighted by Crippen LogP contribution is 2.06. The molecule has 0 saturated carbocycles. The van der Waals surface area contributed by atoms with Crippen LogP contribution in [0.1, 0.15) is 24.7 Å². The molecule has 26 heavy (non-hydrogen) atoms. The van der Waals surface area contributed by atoms with Crippen LogP contribution < -0.4 is 10.6 Å². The Morgan fingerprint density at radius 1 is 1.19 bits per heavy atom. The van der Waals surface area contributed by atoms with Crippen LogP contribution in [0.25, 0.3) is 0 Å². The lowest BCUT2D eigenvalue weighted by atomic mass is 10.1. The molecule has 0 aliphatic rings. The lowest BCUT2D eigenvalue weighted by molar-refractivity contribution is 0.105. The van der Waals surface area contributed by atoms with Gasteiger partial charge in [0.05, 0.1) is 6.26 Å². The van der Waals surface area contributed by atoms with Crippen molar-refractivity contribution in [1.29, 1.82) is 0 Å². The number of halogens is 2. The van der Waals surface area contributed by atoms with E-state index in [9.17, 15) is 4.39 Å². The third-order valence-electron chi connectivity index (χ3n) is 3.53. The van der Waals surface area contributed by atoms with Gasteiger partial charge in [-0.1, -0.05) is 18.2 Å². The number of nitrogens with one attached hydrogen (secondary N) is 2. The maximum absolute atomic E-state index is 13.6. The van der Waals surface area contributed by atoms with Crippen LogP contribution in [0.5, 0.6) is 0 Å². The number of ether oxygens (including phenoxy) is 1. The van der Waals surface area contributed by atoms with Crippen LogP contribution in [0.15, 0.2) is 52.1 Å². The summed E-state index contributed by atoms with van der Waals surface area (Å²) in [5.41, 5.74) is 0.706. The van der Waals surface area contributed by atoms with E-state index in [1.807, 2.05) is 25.1 Å². The molecule has 5 nitrogen and oxygen atoms in total. The molecule has 0 aliphatic carbocycles. The first-order chi connectivity index (χ1) is 12.3. The molecule has 1 aromatic heterocycles. The first-order valence-corrected chi connectivity index (χ1v) is 8.65. The topological polar surface area (TPSA) is 58.8 Å². The summed E-state index contributed by atoms with van der Waals surface area (Å²) in [4.78, 5) is 4.50. The molecule has 0 unspecified atom stereocenters. The summed E-state index contributed by atoms with van der Waals surface area (Å²) < 4.78 is 24.3. The van der Waals surface area contributed by atoms with E-state index in [2.05, 4.69) is 15.6 Å². The predicted molar refractivity (Wildman–Crippen MR) is 112 cm³/mol. The highest BCUT2D eigenvalue weighted by molar-refractivity contribution is 14.0. The lowest BCUT2D eigenvalue weighted by Gasteiger charge is -2.11. The maximum atomic E-state index is 13.6. The van der Waals surface area contributed by atoms with E-state index < -0.39 is 0 Å². The van der Waals surface area contributed by atoms with Crippen LogP contribution in [0.4, 0.5) is 4.39 Å². The van der Waals surface area contributed by atoms with Crippen molar-refractivity contribution in [1.82, 2.24) is 10.6 Å². The van der Waals surface area contributed by atoms with Gasteiger partial charge in [-0.2, -0.15) is 0 Å². The molecule has 144 valence electrons. The summed E-state index contributed by atoms with van der Waals surface area (Å²) in [6, 6.07) is 10.6. The molecular weight excluding hydrogens is 448 g/mol. The normalized spacial score (nSPS) is 11.1. The summed E-state index contributed by atoms with van der Waals surface area (Å²) in [6.45, 7) is 5.19. The zero-order chi connectivity index (χ0) is 17.7. The fourth-order valence-electron chi connectivity index (χ4n) is 2.28. The highest BCUT2D eigenvalue weighted by atomic mass is 127. The van der Waals surface area contributed by atoms with Crippen LogP contribution in [-0.4, -0.2) is 32.2 Å². The zero-order valence-corrected chi connectivity index (χ0v) is 17.4. The Morgan fingerprint density at radius 3 is 2.77 bits per heavy atom. The molecule has 2 N–H and O–H groups in total. The lowest BCUT2D eigenvalue weighted by Crippen LogP contribution is -2.38. The van der Waals surface area contributed by atoms with E-state index in [0.717, 1.165) is 24.7 Å². The van der Waals surface area contributed by atoms with Gasteiger partial charge in [-0.25, -0.2) is 4.39 Å². The highest BCUT2D eigenvalue weighted by Gasteiger charge is 2.02. The van der Waals surface area contributed by atoms with Crippen LogP contribution in [0, 0.1) is 5.82 Å². The van der Waals surface area contributed by atoms with Crippen molar-refractivity contribution in [3.8, 4) is 0 Å². The number of benzene rings is 1. The second kappa shape index (κ2) is 13.6. The number of nitrogens with zero attached hydrogens (tertiary/aromatic N) is 1. The second-order valence-corrected chi connectivity index (χ2v) is 5.51. The first kappa shape index (κ1) is 22.4. The molecule has 0 bridgehead atoms. The Labute approximate surface area is 171 Å². The molecule has 1 aromatic carbocycles. The first-order valence-electron chi connectivity index (χ1n) is 8.65. The van der Waals surface area contributed by atoms with Gasteiger partial charge in [-0.15, -0.1) is 24.0 Å². The van der Waals surface area contributed by atoms with Gasteiger partial charge in [-0.05, 0) is 43.5 Å². The molecule has 2 rings (SSSR count). The largest absolute Gasteiger partial charge is 0.467 e. The Bertz CT molecular complexity index is 635. The third kappa shape index (κ3) is 8.66. The quantitative estimate of drug-likeness (QED) is 0.238. The summed E-state index contributed by atoms with van der Waals surface area (Å²) in [7, 11) is 0. The smallest absolute Gasteiger partial charge is 0.191 e. The summed E-state index contributed by atoms with van der Waals surface area (Å²) in [5.74, 6) is 1.40. The van der Waals surface area contributed by atoms with Crippen LogP contribution in [0.2, 0.25) is 0 Å². The fraction of sp³-hybridized carbons (Fsp3) is 0.421. The number of rotatable bonds is 10. The average Bonchev–Trinajstić information content (AvgIpc) is 3.13. The van der Waals surface area contributed by atoms with Crippen molar-refractivity contribution in [3.05, 3.63) is 59.8 Å². The molecular formula is C19H27FIN3O2. The molecule has 0 spiro atoms. The minimum Gasteiger partial charge on any atom is -0.467 e. The molecule has 7 heteroatoms. The van der Waals surface area contributed by atoms with Gasteiger partial charge in [0.1, 0.15) is 18.2 Å². The molecule has 0 amide bonds. The maximum Gasteiger partial charge on any atom is 0.191 e. The predicted octanol–water partition coefficient (Wildman–Crippen LogP) is 3.74. The van der Waals surface area contributed by atoms with Crippen LogP contribution in [-0.2, 0) is 17.8 Å².